The van der Waals surface area contributed by atoms with Gasteiger partial charge in [0, 0.05) is 36.3 Å². The third-order valence-electron chi connectivity index (χ3n) is 25.2. The number of hydrogen-bond acceptors (Lipinski definition) is 2. The Morgan fingerprint density at radius 1 is 0.152 bits per heavy atom. The summed E-state index contributed by atoms with van der Waals surface area (Å²) in [7, 11) is 0. The highest BCUT2D eigenvalue weighted by molar-refractivity contribution is 5.12. The summed E-state index contributed by atoms with van der Waals surface area (Å²) in [6.45, 7) is 0. The standard InChI is InChI=1S/C64H108N2/c1-5-25-45(26-6-1)65(46-27-7-2-8-28-46)59-43-23-21-41-57(59)61-49-33-13-17-37-53(49)63(54-38-18-14-34-50(54)61)64-55-39-19-15-35-51(55)62(52-36-16-20-40-56(52)64)58-42-22-24-44-60(58)66(47-29-9-3-10-30-47)48-31-11-4-12-32-48/h45-64H,1-44H2. The second kappa shape index (κ2) is 22.0. The molecule has 0 radical (unpaired) electrons. The summed E-state index contributed by atoms with van der Waals surface area (Å²) in [4.78, 5) is 6.90. The van der Waals surface area contributed by atoms with Gasteiger partial charge < -0.3 is 0 Å². The first-order valence-electron chi connectivity index (χ1n) is 32.4. The predicted octanol–water partition coefficient (Wildman–Crippen LogP) is 17.8. The number of fused-ring (bicyclic) bond motifs is 4. The molecule has 12 unspecified atom stereocenters. The predicted molar refractivity (Wildman–Crippen MR) is 278 cm³/mol. The molecule has 0 aromatic rings. The largest absolute Gasteiger partial charge is 0.294 e. The van der Waals surface area contributed by atoms with Crippen LogP contribution in [0.3, 0.4) is 0 Å². The van der Waals surface area contributed by atoms with E-state index in [0.717, 1.165) is 119 Å². The van der Waals surface area contributed by atoms with Crippen LogP contribution in [0, 0.1) is 82.9 Å². The van der Waals surface area contributed by atoms with Crippen molar-refractivity contribution in [2.45, 2.75) is 319 Å². The van der Waals surface area contributed by atoms with Gasteiger partial charge in [-0.05, 0) is 211 Å². The Labute approximate surface area is 409 Å². The lowest BCUT2D eigenvalue weighted by Gasteiger charge is -2.67. The highest BCUT2D eigenvalue weighted by Gasteiger charge is 2.63. The highest BCUT2D eigenvalue weighted by Crippen LogP contribution is 2.68. The summed E-state index contributed by atoms with van der Waals surface area (Å²) >= 11 is 0. The van der Waals surface area contributed by atoms with Crippen molar-refractivity contribution in [3.63, 3.8) is 0 Å². The van der Waals surface area contributed by atoms with Crippen molar-refractivity contribution in [1.29, 1.82) is 0 Å². The van der Waals surface area contributed by atoms with E-state index in [9.17, 15) is 0 Å². The zero-order valence-electron chi connectivity index (χ0n) is 43.6. The Balaban J connectivity index is 0.888. The fourth-order valence-corrected chi connectivity index (χ4v) is 23.4. The minimum absolute atomic E-state index is 0.927. The van der Waals surface area contributed by atoms with E-state index in [-0.39, 0.29) is 0 Å². The summed E-state index contributed by atoms with van der Waals surface area (Å²) in [6.07, 6.45) is 69.1. The average molecular weight is 906 g/mol. The molecule has 0 bridgehead atoms. The van der Waals surface area contributed by atoms with Crippen LogP contribution in [-0.4, -0.2) is 46.1 Å². The summed E-state index contributed by atoms with van der Waals surface area (Å²) in [5.41, 5.74) is 0. The normalized spacial score (nSPS) is 46.3. The van der Waals surface area contributed by atoms with Gasteiger partial charge in [-0.3, -0.25) is 9.80 Å². The van der Waals surface area contributed by atoms with Crippen LogP contribution in [0.5, 0.6) is 0 Å². The summed E-state index contributed by atoms with van der Waals surface area (Å²) in [6, 6.07) is 5.57. The van der Waals surface area contributed by atoms with E-state index >= 15 is 0 Å². The summed E-state index contributed by atoms with van der Waals surface area (Å²) < 4.78 is 0. The first kappa shape index (κ1) is 47.0. The van der Waals surface area contributed by atoms with Crippen molar-refractivity contribution in [1.82, 2.24) is 9.80 Å². The van der Waals surface area contributed by atoms with E-state index in [1.807, 2.05) is 0 Å². The molecule has 0 amide bonds. The molecule has 374 valence electrons. The van der Waals surface area contributed by atoms with E-state index in [0.29, 0.717) is 0 Å². The number of rotatable bonds is 9. The van der Waals surface area contributed by atoms with Crippen LogP contribution in [0.1, 0.15) is 283 Å². The molecule has 0 saturated heterocycles. The second-order valence-electron chi connectivity index (χ2n) is 27.9. The van der Waals surface area contributed by atoms with Crippen molar-refractivity contribution in [3.8, 4) is 0 Å². The van der Waals surface area contributed by atoms with Crippen molar-refractivity contribution >= 4 is 0 Å². The van der Waals surface area contributed by atoms with Crippen LogP contribution in [-0.2, 0) is 0 Å². The molecule has 0 heterocycles. The first-order valence-corrected chi connectivity index (χ1v) is 32.4. The van der Waals surface area contributed by atoms with Crippen LogP contribution < -0.4 is 0 Å². The Morgan fingerprint density at radius 2 is 0.333 bits per heavy atom. The third kappa shape index (κ3) is 9.19. The Morgan fingerprint density at radius 3 is 0.576 bits per heavy atom. The van der Waals surface area contributed by atoms with Gasteiger partial charge >= 0.3 is 0 Å². The van der Waals surface area contributed by atoms with E-state index in [4.69, 9.17) is 0 Å². The molecule has 0 aromatic carbocycles. The van der Waals surface area contributed by atoms with Gasteiger partial charge in [0.15, 0.2) is 0 Å². The lowest BCUT2D eigenvalue weighted by atomic mass is 9.39. The van der Waals surface area contributed by atoms with Crippen LogP contribution >= 0.6 is 0 Å². The fourth-order valence-electron chi connectivity index (χ4n) is 23.4. The Kier molecular flexibility index (Phi) is 15.6. The van der Waals surface area contributed by atoms with Crippen molar-refractivity contribution in [3.05, 3.63) is 0 Å². The molecule has 0 N–H and O–H groups in total. The highest BCUT2D eigenvalue weighted by atomic mass is 15.2. The molecule has 12 aliphatic carbocycles. The average Bonchev–Trinajstić information content (AvgIpc) is 3.39. The minimum Gasteiger partial charge on any atom is -0.294 e. The molecular formula is C64H108N2. The zero-order chi connectivity index (χ0) is 43.8. The molecule has 2 nitrogen and oxygen atoms in total. The molecule has 66 heavy (non-hydrogen) atoms. The first-order chi connectivity index (χ1) is 32.8. The van der Waals surface area contributed by atoms with Crippen LogP contribution in [0.15, 0.2) is 0 Å². The molecule has 12 atom stereocenters. The van der Waals surface area contributed by atoms with Gasteiger partial charge in [0.1, 0.15) is 0 Å². The van der Waals surface area contributed by atoms with Crippen LogP contribution in [0.25, 0.3) is 0 Å². The van der Waals surface area contributed by atoms with Gasteiger partial charge in [-0.15, -0.1) is 0 Å². The number of hydrogen-bond donors (Lipinski definition) is 0. The third-order valence-corrected chi connectivity index (χ3v) is 25.2. The lowest BCUT2D eigenvalue weighted by Crippen LogP contribution is -2.63. The van der Waals surface area contributed by atoms with E-state index in [1.165, 1.54) is 77.0 Å². The smallest absolute Gasteiger partial charge is 0.0132 e. The van der Waals surface area contributed by atoms with Gasteiger partial charge in [-0.1, -0.05) is 154 Å². The van der Waals surface area contributed by atoms with Crippen molar-refractivity contribution in [2.75, 3.05) is 0 Å². The SMILES string of the molecule is C1CCC(N(C2CCCCC2)C2CCCCC2C2C3CCCCC3C(C3C4CCCCC4C(C4CCCCC4N(C4CCCCC4)C4CCCCC4)C4CCCCC43)C3CCCCC32)CC1. The maximum absolute atomic E-state index is 3.45. The summed E-state index contributed by atoms with van der Waals surface area (Å²) in [5, 5.41) is 0. The van der Waals surface area contributed by atoms with Crippen molar-refractivity contribution < 1.29 is 0 Å². The Hall–Kier alpha value is -0.0800. The van der Waals surface area contributed by atoms with Crippen LogP contribution in [0.2, 0.25) is 0 Å². The van der Waals surface area contributed by atoms with Gasteiger partial charge in [0.2, 0.25) is 0 Å². The quantitative estimate of drug-likeness (QED) is 0.227. The molecule has 2 heteroatoms. The second-order valence-corrected chi connectivity index (χ2v) is 27.9. The Bertz CT molecular complexity index is 1290. The molecule has 12 aliphatic rings. The van der Waals surface area contributed by atoms with Gasteiger partial charge in [-0.25, -0.2) is 0 Å². The molecule has 0 spiro atoms. The van der Waals surface area contributed by atoms with E-state index in [1.54, 1.807) is 205 Å². The minimum atomic E-state index is 0.927. The van der Waals surface area contributed by atoms with Gasteiger partial charge in [0.05, 0.1) is 0 Å². The lowest BCUT2D eigenvalue weighted by molar-refractivity contribution is -0.183. The monoisotopic (exact) mass is 905 g/mol. The molecule has 12 fully saturated rings. The molecular weight excluding hydrogens is 797 g/mol. The summed E-state index contributed by atoms with van der Waals surface area (Å²) in [5.74, 6) is 15.1. The molecule has 0 aliphatic heterocycles. The van der Waals surface area contributed by atoms with E-state index in [2.05, 4.69) is 9.80 Å². The van der Waals surface area contributed by atoms with Crippen LogP contribution in [0.4, 0.5) is 0 Å². The topological polar surface area (TPSA) is 6.48 Å². The number of nitrogens with zero attached hydrogens (tertiary/aromatic N) is 2. The zero-order valence-corrected chi connectivity index (χ0v) is 43.6. The maximum atomic E-state index is 3.45. The van der Waals surface area contributed by atoms with Gasteiger partial charge in [0.25, 0.3) is 0 Å². The van der Waals surface area contributed by atoms with E-state index < -0.39 is 0 Å². The van der Waals surface area contributed by atoms with Gasteiger partial charge in [-0.2, -0.15) is 0 Å². The molecule has 12 saturated carbocycles. The van der Waals surface area contributed by atoms with Crippen molar-refractivity contribution in [2.24, 2.45) is 82.9 Å². The maximum Gasteiger partial charge on any atom is 0.0132 e. The molecule has 0 aromatic heterocycles. The fraction of sp³-hybridized carbons (Fsp3) is 1.00. The molecule has 12 rings (SSSR count).